The van der Waals surface area contributed by atoms with E-state index < -0.39 is 32.4 Å². The van der Waals surface area contributed by atoms with Gasteiger partial charge in [-0.1, -0.05) is 30.9 Å². The van der Waals surface area contributed by atoms with Gasteiger partial charge in [-0.2, -0.15) is 4.37 Å². The molecule has 0 aliphatic rings. The first-order valence-corrected chi connectivity index (χ1v) is 11.7. The van der Waals surface area contributed by atoms with E-state index in [9.17, 15) is 17.9 Å². The lowest BCUT2D eigenvalue weighted by Crippen LogP contribution is -2.19. The Labute approximate surface area is 173 Å². The van der Waals surface area contributed by atoms with Crippen molar-refractivity contribution in [1.29, 1.82) is 0 Å². The molecule has 2 aromatic rings. The Bertz CT molecular complexity index is 850. The van der Waals surface area contributed by atoms with E-state index in [-0.39, 0.29) is 16.6 Å². The van der Waals surface area contributed by atoms with Gasteiger partial charge in [0.25, 0.3) is 0 Å². The van der Waals surface area contributed by atoms with Crippen LogP contribution in [0.15, 0.2) is 23.4 Å². The number of aromatic nitrogens is 2. The largest absolute Gasteiger partial charge is 0.392 e. The smallest absolute Gasteiger partial charge is 0.187 e. The molecule has 1 aromatic carbocycles. The number of unbranched alkanes of at least 4 members (excludes halogenated alkanes) is 3. The van der Waals surface area contributed by atoms with Crippen LogP contribution in [0.25, 0.3) is 0 Å². The number of aliphatic hydroxyl groups excluding tert-OH is 1. The van der Waals surface area contributed by atoms with Gasteiger partial charge in [0.15, 0.2) is 9.84 Å². The summed E-state index contributed by atoms with van der Waals surface area (Å²) >= 11 is 7.10. The number of nitrogens with two attached hydrogens (primary N) is 1. The summed E-state index contributed by atoms with van der Waals surface area (Å²) in [5.74, 6) is -1.27. The molecule has 0 amide bonds. The molecule has 28 heavy (non-hydrogen) atoms. The standard InChI is InChI=1S/C17H24ClFN4O3S2/c18-13-7-16(28(25,26)10-17-22-11-23-27-17)14(19)8-15(13)21-6-4-2-1-3-5-12(24)9-20/h7-8,11-12,21,24H,1-6,9-10,20H2/t12-/m0/s1. The van der Waals surface area contributed by atoms with Crippen LogP contribution in [0.2, 0.25) is 5.02 Å². The van der Waals surface area contributed by atoms with Gasteiger partial charge >= 0.3 is 0 Å². The third-order valence-corrected chi connectivity index (χ3v) is 6.92. The van der Waals surface area contributed by atoms with E-state index in [4.69, 9.17) is 17.3 Å². The molecule has 0 aliphatic carbocycles. The molecule has 0 saturated carbocycles. The van der Waals surface area contributed by atoms with E-state index in [1.165, 1.54) is 6.33 Å². The molecule has 0 saturated heterocycles. The fourth-order valence-electron chi connectivity index (χ4n) is 2.60. The number of benzene rings is 1. The summed E-state index contributed by atoms with van der Waals surface area (Å²) in [6, 6.07) is 2.23. The maximum Gasteiger partial charge on any atom is 0.187 e. The molecule has 2 rings (SSSR count). The quantitative estimate of drug-likeness (QED) is 0.425. The van der Waals surface area contributed by atoms with Crippen molar-refractivity contribution in [2.24, 2.45) is 5.73 Å². The van der Waals surface area contributed by atoms with E-state index in [1.54, 1.807) is 0 Å². The third kappa shape index (κ3) is 6.93. The van der Waals surface area contributed by atoms with Crippen molar-refractivity contribution < 1.29 is 17.9 Å². The van der Waals surface area contributed by atoms with Gasteiger partial charge in [-0.15, -0.1) is 0 Å². The Morgan fingerprint density at radius 1 is 1.29 bits per heavy atom. The molecule has 0 aliphatic heterocycles. The van der Waals surface area contributed by atoms with Crippen molar-refractivity contribution >= 4 is 38.7 Å². The number of anilines is 1. The number of nitrogens with one attached hydrogen (secondary N) is 1. The molecule has 156 valence electrons. The van der Waals surface area contributed by atoms with Gasteiger partial charge in [0.1, 0.15) is 27.8 Å². The Kier molecular flexibility index (Phi) is 9.03. The van der Waals surface area contributed by atoms with E-state index in [0.29, 0.717) is 18.7 Å². The van der Waals surface area contributed by atoms with Gasteiger partial charge in [-0.3, -0.25) is 0 Å². The summed E-state index contributed by atoms with van der Waals surface area (Å²) < 4.78 is 43.0. The normalized spacial score (nSPS) is 12.9. The first kappa shape index (κ1) is 23.0. The molecule has 1 heterocycles. The third-order valence-electron chi connectivity index (χ3n) is 4.13. The van der Waals surface area contributed by atoms with Crippen molar-refractivity contribution in [2.45, 2.75) is 48.9 Å². The lowest BCUT2D eigenvalue weighted by Gasteiger charge is -2.12. The Hall–Kier alpha value is -1.33. The van der Waals surface area contributed by atoms with E-state index in [0.717, 1.165) is 49.3 Å². The van der Waals surface area contributed by atoms with Crippen LogP contribution in [0.3, 0.4) is 0 Å². The SMILES string of the molecule is NC[C@@H](O)CCCCCCNc1cc(F)c(S(=O)(=O)Cc2ncns2)cc1Cl. The highest BCUT2D eigenvalue weighted by atomic mass is 35.5. The second-order valence-corrected chi connectivity index (χ2v) is 9.61. The highest BCUT2D eigenvalue weighted by molar-refractivity contribution is 7.90. The Morgan fingerprint density at radius 2 is 2.04 bits per heavy atom. The fraction of sp³-hybridized carbons (Fsp3) is 0.529. The molecular formula is C17H24ClFN4O3S2. The van der Waals surface area contributed by atoms with Crippen LogP contribution in [-0.2, 0) is 15.6 Å². The topological polar surface area (TPSA) is 118 Å². The molecule has 7 nitrogen and oxygen atoms in total. The van der Waals surface area contributed by atoms with Gasteiger partial charge in [-0.05, 0) is 36.5 Å². The number of aliphatic hydroxyl groups is 1. The van der Waals surface area contributed by atoms with E-state index in [1.807, 2.05) is 0 Å². The molecule has 0 bridgehead atoms. The molecule has 4 N–H and O–H groups in total. The highest BCUT2D eigenvalue weighted by Crippen LogP contribution is 2.30. The predicted molar refractivity (Wildman–Crippen MR) is 109 cm³/mol. The number of halogens is 2. The minimum atomic E-state index is -3.91. The van der Waals surface area contributed by atoms with Gasteiger partial charge in [-0.25, -0.2) is 17.8 Å². The Balaban J connectivity index is 1.87. The van der Waals surface area contributed by atoms with Crippen LogP contribution in [0.1, 0.15) is 37.1 Å². The van der Waals surface area contributed by atoms with Crippen molar-refractivity contribution in [2.75, 3.05) is 18.4 Å². The molecule has 0 spiro atoms. The average molecular weight is 451 g/mol. The van der Waals surface area contributed by atoms with Crippen LogP contribution in [-0.4, -0.2) is 42.1 Å². The van der Waals surface area contributed by atoms with Crippen LogP contribution < -0.4 is 11.1 Å². The minimum Gasteiger partial charge on any atom is -0.392 e. The molecule has 1 atom stereocenters. The van der Waals surface area contributed by atoms with E-state index in [2.05, 4.69) is 14.7 Å². The molecule has 0 radical (unpaired) electrons. The predicted octanol–water partition coefficient (Wildman–Crippen LogP) is 2.99. The van der Waals surface area contributed by atoms with Crippen molar-refractivity contribution in [3.8, 4) is 0 Å². The summed E-state index contributed by atoms with van der Waals surface area (Å²) in [4.78, 5) is 3.37. The molecular weight excluding hydrogens is 427 g/mol. The van der Waals surface area contributed by atoms with Crippen LogP contribution in [0, 0.1) is 5.82 Å². The zero-order chi connectivity index (χ0) is 20.6. The zero-order valence-electron chi connectivity index (χ0n) is 15.3. The van der Waals surface area contributed by atoms with Crippen molar-refractivity contribution in [3.05, 3.63) is 34.3 Å². The van der Waals surface area contributed by atoms with Crippen LogP contribution in [0.4, 0.5) is 10.1 Å². The summed E-state index contributed by atoms with van der Waals surface area (Å²) in [5, 5.41) is 12.8. The maximum absolute atomic E-state index is 14.4. The van der Waals surface area contributed by atoms with Crippen molar-refractivity contribution in [3.63, 3.8) is 0 Å². The molecule has 0 fully saturated rings. The number of nitrogens with zero attached hydrogens (tertiary/aromatic N) is 2. The summed E-state index contributed by atoms with van der Waals surface area (Å²) in [5.41, 5.74) is 5.70. The van der Waals surface area contributed by atoms with Gasteiger partial charge in [0.2, 0.25) is 0 Å². The number of hydrogen-bond donors (Lipinski definition) is 3. The van der Waals surface area contributed by atoms with Crippen LogP contribution >= 0.6 is 23.1 Å². The molecule has 11 heteroatoms. The second-order valence-electron chi connectivity index (χ2n) is 6.38. The second kappa shape index (κ2) is 11.0. The molecule has 1 aromatic heterocycles. The summed E-state index contributed by atoms with van der Waals surface area (Å²) in [7, 11) is -3.91. The first-order valence-electron chi connectivity index (χ1n) is 8.93. The zero-order valence-corrected chi connectivity index (χ0v) is 17.7. The average Bonchev–Trinajstić information content (AvgIpc) is 3.15. The summed E-state index contributed by atoms with van der Waals surface area (Å²) in [6.45, 7) is 0.855. The van der Waals surface area contributed by atoms with Gasteiger partial charge in [0.05, 0.1) is 16.8 Å². The lowest BCUT2D eigenvalue weighted by atomic mass is 10.1. The number of hydrogen-bond acceptors (Lipinski definition) is 8. The lowest BCUT2D eigenvalue weighted by molar-refractivity contribution is 0.169. The number of rotatable bonds is 12. The highest BCUT2D eigenvalue weighted by Gasteiger charge is 2.23. The monoisotopic (exact) mass is 450 g/mol. The number of sulfone groups is 1. The van der Waals surface area contributed by atoms with Crippen molar-refractivity contribution in [1.82, 2.24) is 9.36 Å². The first-order chi connectivity index (χ1) is 13.3. The van der Waals surface area contributed by atoms with Crippen LogP contribution in [0.5, 0.6) is 0 Å². The van der Waals surface area contributed by atoms with Gasteiger partial charge < -0.3 is 16.2 Å². The Morgan fingerprint density at radius 3 is 2.71 bits per heavy atom. The minimum absolute atomic E-state index is 0.142. The maximum atomic E-state index is 14.4. The van der Waals surface area contributed by atoms with E-state index >= 15 is 0 Å². The summed E-state index contributed by atoms with van der Waals surface area (Å²) in [6.07, 6.45) is 5.15. The molecule has 0 unspecified atom stereocenters. The fourth-order valence-corrected chi connectivity index (χ4v) is 5.09. The van der Waals surface area contributed by atoms with Gasteiger partial charge in [0, 0.05) is 13.1 Å².